The summed E-state index contributed by atoms with van der Waals surface area (Å²) in [6.45, 7) is 6.27. The third-order valence-corrected chi connectivity index (χ3v) is 4.15. The number of β-amino-alcohol motifs (C(OH)–C–C–N with tert-alkyl or cyclic N) is 1. The molecule has 0 bridgehead atoms. The van der Waals surface area contributed by atoms with Crippen LogP contribution in [0.4, 0.5) is 0 Å². The molecule has 0 aromatic heterocycles. The van der Waals surface area contributed by atoms with Crippen molar-refractivity contribution in [1.29, 1.82) is 0 Å². The van der Waals surface area contributed by atoms with E-state index in [1.54, 1.807) is 7.11 Å². The van der Waals surface area contributed by atoms with E-state index in [1.165, 1.54) is 0 Å². The van der Waals surface area contributed by atoms with Crippen molar-refractivity contribution in [2.75, 3.05) is 53.0 Å². The summed E-state index contributed by atoms with van der Waals surface area (Å²) in [4.78, 5) is 16.0. The molecule has 2 rings (SSSR count). The summed E-state index contributed by atoms with van der Waals surface area (Å²) in [7, 11) is 1.60. The number of methoxy groups -OCH3 is 1. The van der Waals surface area contributed by atoms with Crippen molar-refractivity contribution in [3.8, 4) is 5.75 Å². The second-order valence-electron chi connectivity index (χ2n) is 6.21. The number of piperazine rings is 1. The van der Waals surface area contributed by atoms with Crippen molar-refractivity contribution >= 4 is 5.91 Å². The molecular weight excluding hydrogens is 308 g/mol. The molecule has 1 aromatic rings. The minimum absolute atomic E-state index is 0.139. The van der Waals surface area contributed by atoms with Gasteiger partial charge in [0, 0.05) is 39.8 Å². The molecule has 0 spiro atoms. The Morgan fingerprint density at radius 1 is 1.29 bits per heavy atom. The molecule has 1 saturated heterocycles. The highest BCUT2D eigenvalue weighted by Crippen LogP contribution is 2.13. The maximum atomic E-state index is 11.9. The van der Waals surface area contributed by atoms with Crippen LogP contribution in [-0.4, -0.2) is 80.0 Å². The van der Waals surface area contributed by atoms with Crippen LogP contribution in [0, 0.1) is 6.92 Å². The number of hydrogen-bond donors (Lipinski definition) is 1. The Morgan fingerprint density at radius 2 is 2.04 bits per heavy atom. The van der Waals surface area contributed by atoms with Crippen molar-refractivity contribution < 1.29 is 19.4 Å². The lowest BCUT2D eigenvalue weighted by Gasteiger charge is -2.35. The molecule has 1 aliphatic rings. The van der Waals surface area contributed by atoms with Gasteiger partial charge in [-0.1, -0.05) is 12.1 Å². The van der Waals surface area contributed by atoms with Crippen LogP contribution in [0.1, 0.15) is 12.0 Å². The van der Waals surface area contributed by atoms with Gasteiger partial charge in [0.15, 0.2) is 0 Å². The Labute approximate surface area is 144 Å². The molecule has 0 radical (unpaired) electrons. The largest absolute Gasteiger partial charge is 0.491 e. The van der Waals surface area contributed by atoms with Crippen molar-refractivity contribution in [2.24, 2.45) is 0 Å². The summed E-state index contributed by atoms with van der Waals surface area (Å²) < 4.78 is 10.6. The summed E-state index contributed by atoms with van der Waals surface area (Å²) in [5.74, 6) is 0.919. The summed E-state index contributed by atoms with van der Waals surface area (Å²) >= 11 is 0. The van der Waals surface area contributed by atoms with Crippen LogP contribution in [0.3, 0.4) is 0 Å². The second kappa shape index (κ2) is 9.61. The summed E-state index contributed by atoms with van der Waals surface area (Å²) in [6, 6.07) is 7.80. The number of carbonyl (C=O) groups is 1. The first-order valence-electron chi connectivity index (χ1n) is 8.45. The molecule has 6 heteroatoms. The number of aryl methyl sites for hydroxylation is 1. The SMILES string of the molecule is COCCC(=O)N1CCN(C[C@H](O)COc2cccc(C)c2)CC1. The van der Waals surface area contributed by atoms with Crippen LogP contribution in [0.5, 0.6) is 5.75 Å². The molecule has 1 atom stereocenters. The van der Waals surface area contributed by atoms with Gasteiger partial charge >= 0.3 is 0 Å². The summed E-state index contributed by atoms with van der Waals surface area (Å²) in [5.41, 5.74) is 1.14. The van der Waals surface area contributed by atoms with Gasteiger partial charge in [-0.05, 0) is 24.6 Å². The number of aliphatic hydroxyl groups excluding tert-OH is 1. The molecule has 0 aliphatic carbocycles. The van der Waals surface area contributed by atoms with Crippen LogP contribution in [0.15, 0.2) is 24.3 Å². The van der Waals surface area contributed by atoms with Crippen LogP contribution in [0.2, 0.25) is 0 Å². The highest BCUT2D eigenvalue weighted by atomic mass is 16.5. The summed E-state index contributed by atoms with van der Waals surface area (Å²) in [6.07, 6.45) is -0.107. The number of amides is 1. The van der Waals surface area contributed by atoms with E-state index in [9.17, 15) is 9.90 Å². The van der Waals surface area contributed by atoms with Gasteiger partial charge in [-0.3, -0.25) is 9.69 Å². The van der Waals surface area contributed by atoms with Crippen LogP contribution >= 0.6 is 0 Å². The molecule has 1 N–H and O–H groups in total. The zero-order chi connectivity index (χ0) is 17.4. The molecule has 24 heavy (non-hydrogen) atoms. The maximum absolute atomic E-state index is 11.9. The topological polar surface area (TPSA) is 62.2 Å². The average Bonchev–Trinajstić information content (AvgIpc) is 2.58. The van der Waals surface area contributed by atoms with E-state index in [-0.39, 0.29) is 12.5 Å². The number of carbonyl (C=O) groups excluding carboxylic acids is 1. The van der Waals surface area contributed by atoms with Crippen LogP contribution in [0.25, 0.3) is 0 Å². The molecule has 1 heterocycles. The Balaban J connectivity index is 1.66. The molecule has 134 valence electrons. The lowest BCUT2D eigenvalue weighted by atomic mass is 10.2. The first-order chi connectivity index (χ1) is 11.6. The normalized spacial score (nSPS) is 16.9. The third-order valence-electron chi connectivity index (χ3n) is 4.15. The fourth-order valence-electron chi connectivity index (χ4n) is 2.78. The van der Waals surface area contributed by atoms with Crippen LogP contribution in [-0.2, 0) is 9.53 Å². The Kier molecular flexibility index (Phi) is 7.49. The van der Waals surface area contributed by atoms with Gasteiger partial charge in [0.05, 0.1) is 13.0 Å². The van der Waals surface area contributed by atoms with Gasteiger partial charge < -0.3 is 19.5 Å². The highest BCUT2D eigenvalue weighted by Gasteiger charge is 2.22. The quantitative estimate of drug-likeness (QED) is 0.765. The lowest BCUT2D eigenvalue weighted by molar-refractivity contribution is -0.134. The zero-order valence-electron chi connectivity index (χ0n) is 14.6. The number of rotatable bonds is 8. The number of ether oxygens (including phenoxy) is 2. The minimum Gasteiger partial charge on any atom is -0.491 e. The van der Waals surface area contributed by atoms with Crippen LogP contribution < -0.4 is 4.74 Å². The lowest BCUT2D eigenvalue weighted by Crippen LogP contribution is -2.51. The molecule has 1 aromatic carbocycles. The van der Waals surface area contributed by atoms with E-state index >= 15 is 0 Å². The number of nitrogens with zero attached hydrogens (tertiary/aromatic N) is 2. The molecular formula is C18H28N2O4. The van der Waals surface area contributed by atoms with E-state index in [4.69, 9.17) is 9.47 Å². The Morgan fingerprint density at radius 3 is 2.71 bits per heavy atom. The van der Waals surface area contributed by atoms with E-state index in [2.05, 4.69) is 4.90 Å². The number of hydrogen-bond acceptors (Lipinski definition) is 5. The molecule has 0 saturated carbocycles. The van der Waals surface area contributed by atoms with Crippen molar-refractivity contribution in [1.82, 2.24) is 9.80 Å². The van der Waals surface area contributed by atoms with E-state index in [0.717, 1.165) is 24.4 Å². The van der Waals surface area contributed by atoms with Gasteiger partial charge in [-0.15, -0.1) is 0 Å². The van der Waals surface area contributed by atoms with Gasteiger partial charge in [0.1, 0.15) is 18.5 Å². The van der Waals surface area contributed by atoms with E-state index in [1.807, 2.05) is 36.1 Å². The zero-order valence-corrected chi connectivity index (χ0v) is 14.6. The standard InChI is InChI=1S/C18H28N2O4/c1-15-4-3-5-17(12-15)24-14-16(21)13-19-7-9-20(10-8-19)18(22)6-11-23-2/h3-5,12,16,21H,6-11,13-14H2,1-2H3/t16-/m0/s1. The Bertz CT molecular complexity index is 515. The van der Waals surface area contributed by atoms with E-state index in [0.29, 0.717) is 32.7 Å². The first kappa shape index (κ1) is 18.7. The van der Waals surface area contributed by atoms with E-state index < -0.39 is 6.10 Å². The smallest absolute Gasteiger partial charge is 0.224 e. The number of aliphatic hydroxyl groups is 1. The van der Waals surface area contributed by atoms with Crippen molar-refractivity contribution in [3.63, 3.8) is 0 Å². The number of benzene rings is 1. The molecule has 6 nitrogen and oxygen atoms in total. The fraction of sp³-hybridized carbons (Fsp3) is 0.611. The molecule has 1 fully saturated rings. The van der Waals surface area contributed by atoms with Crippen molar-refractivity contribution in [3.05, 3.63) is 29.8 Å². The minimum atomic E-state index is -0.541. The van der Waals surface area contributed by atoms with Gasteiger partial charge in [-0.25, -0.2) is 0 Å². The fourth-order valence-corrected chi connectivity index (χ4v) is 2.78. The van der Waals surface area contributed by atoms with Gasteiger partial charge in [0.25, 0.3) is 0 Å². The predicted octanol–water partition coefficient (Wildman–Crippen LogP) is 0.915. The second-order valence-corrected chi connectivity index (χ2v) is 6.21. The van der Waals surface area contributed by atoms with Gasteiger partial charge in [-0.2, -0.15) is 0 Å². The first-order valence-corrected chi connectivity index (χ1v) is 8.45. The molecule has 1 amide bonds. The predicted molar refractivity (Wildman–Crippen MR) is 92.2 cm³/mol. The third kappa shape index (κ3) is 6.11. The monoisotopic (exact) mass is 336 g/mol. The highest BCUT2D eigenvalue weighted by molar-refractivity contribution is 5.76. The van der Waals surface area contributed by atoms with Gasteiger partial charge in [0.2, 0.25) is 5.91 Å². The Hall–Kier alpha value is -1.63. The maximum Gasteiger partial charge on any atom is 0.224 e. The van der Waals surface area contributed by atoms with Crippen molar-refractivity contribution in [2.45, 2.75) is 19.4 Å². The molecule has 0 unspecified atom stereocenters. The summed E-state index contributed by atoms with van der Waals surface area (Å²) in [5, 5.41) is 10.2. The average molecular weight is 336 g/mol. The molecule has 1 aliphatic heterocycles.